The van der Waals surface area contributed by atoms with E-state index in [1.54, 1.807) is 0 Å². The summed E-state index contributed by atoms with van der Waals surface area (Å²) < 4.78 is 0. The zero-order chi connectivity index (χ0) is 8.65. The largest absolute Gasteiger partial charge is 0.392 e. The topological polar surface area (TPSA) is 20.2 Å². The highest BCUT2D eigenvalue weighted by Crippen LogP contribution is 2.14. The van der Waals surface area contributed by atoms with Crippen molar-refractivity contribution in [1.82, 2.24) is 0 Å². The summed E-state index contributed by atoms with van der Waals surface area (Å²) in [4.78, 5) is 0. The first kappa shape index (κ1) is 9.18. The second-order valence-electron chi connectivity index (χ2n) is 2.22. The van der Waals surface area contributed by atoms with E-state index in [4.69, 9.17) is 5.11 Å². The van der Waals surface area contributed by atoms with Crippen molar-refractivity contribution in [2.24, 2.45) is 0 Å². The average molecular weight is 178 g/mol. The first-order valence-electron chi connectivity index (χ1n) is 3.78. The molecule has 0 fully saturated rings. The van der Waals surface area contributed by atoms with Crippen LogP contribution in [0.15, 0.2) is 47.8 Å². The smallest absolute Gasteiger partial charge is 0.0624 e. The van der Waals surface area contributed by atoms with Crippen LogP contribution in [0.2, 0.25) is 0 Å². The number of aliphatic hydroxyl groups excluding tert-OH is 1. The van der Waals surface area contributed by atoms with Crippen molar-refractivity contribution < 1.29 is 5.11 Å². The number of rotatable bonds is 1. The molecular weight excluding hydrogens is 167 g/mol. The van der Waals surface area contributed by atoms with Gasteiger partial charge in [-0.1, -0.05) is 44.7 Å². The predicted octanol–water partition coefficient (Wildman–Crippen LogP) is 2.29. The molecule has 0 aromatic heterocycles. The Morgan fingerprint density at radius 2 is 1.92 bits per heavy atom. The first-order chi connectivity index (χ1) is 5.93. The first-order valence-corrected chi connectivity index (χ1v) is 4.75. The Morgan fingerprint density at radius 3 is 2.75 bits per heavy atom. The Balaban J connectivity index is 2.81. The third kappa shape index (κ3) is 3.47. The van der Waals surface area contributed by atoms with E-state index in [-0.39, 0.29) is 6.61 Å². The van der Waals surface area contributed by atoms with E-state index in [0.717, 1.165) is 13.5 Å². The molecule has 0 spiro atoms. The lowest BCUT2D eigenvalue weighted by Gasteiger charge is -1.88. The second-order valence-corrected chi connectivity index (χ2v) is 3.29. The van der Waals surface area contributed by atoms with Gasteiger partial charge in [-0.25, -0.2) is 0 Å². The van der Waals surface area contributed by atoms with E-state index in [1.165, 1.54) is 0 Å². The third-order valence-electron chi connectivity index (χ3n) is 1.32. The summed E-state index contributed by atoms with van der Waals surface area (Å²) in [5.74, 6) is 2.04. The molecule has 1 N–H and O–H groups in total. The molecule has 1 aliphatic heterocycles. The fourth-order valence-electron chi connectivity index (χ4n) is 0.783. The third-order valence-corrected chi connectivity index (χ3v) is 2.27. The fourth-order valence-corrected chi connectivity index (χ4v) is 1.50. The molecule has 0 bridgehead atoms. The molecule has 0 unspecified atom stereocenters. The van der Waals surface area contributed by atoms with Gasteiger partial charge in [0.2, 0.25) is 0 Å². The Bertz CT molecular complexity index is 246. The van der Waals surface area contributed by atoms with Gasteiger partial charge in [-0.15, -0.1) is 0 Å². The fraction of sp³-hybridized carbons (Fsp3) is 0.100. The summed E-state index contributed by atoms with van der Waals surface area (Å²) >= 11 is 0. The summed E-state index contributed by atoms with van der Waals surface area (Å²) in [5, 5.41) is 9.81. The van der Waals surface area contributed by atoms with Gasteiger partial charge in [0, 0.05) is 5.31 Å². The number of hydrogen-bond acceptors (Lipinski definition) is 1. The summed E-state index contributed by atoms with van der Waals surface area (Å²) in [6.45, 7) is 0.105. The van der Waals surface area contributed by atoms with Crippen molar-refractivity contribution in [2.45, 2.75) is 0 Å². The van der Waals surface area contributed by atoms with E-state index < -0.39 is 0 Å². The molecule has 0 atom stereocenters. The molecule has 0 saturated carbocycles. The molecule has 2 heteroatoms. The molecule has 0 aromatic carbocycles. The average Bonchev–Trinajstić information content (AvgIpc) is 2.19. The lowest BCUT2D eigenvalue weighted by molar-refractivity contribution is 0.342. The van der Waals surface area contributed by atoms with Gasteiger partial charge in [0.05, 0.1) is 6.61 Å². The molecule has 12 heavy (non-hydrogen) atoms. The zero-order valence-electron chi connectivity index (χ0n) is 6.72. The lowest BCUT2D eigenvalue weighted by atomic mass is 10.4. The summed E-state index contributed by atoms with van der Waals surface area (Å²) in [5.41, 5.74) is 0. The molecule has 1 rings (SSSR count). The van der Waals surface area contributed by atoms with Gasteiger partial charge in [0.25, 0.3) is 0 Å². The zero-order valence-corrected chi connectivity index (χ0v) is 7.61. The maximum Gasteiger partial charge on any atom is 0.0624 e. The molecule has 0 amide bonds. The standard InChI is InChI=1S/C10H11OP/c11-8-7-10-6-4-2-1-3-5-9-12-10/h1-7,9,11H,8H2. The summed E-state index contributed by atoms with van der Waals surface area (Å²) in [6, 6.07) is 0. The molecule has 0 aromatic rings. The van der Waals surface area contributed by atoms with Gasteiger partial charge in [0.1, 0.15) is 0 Å². The van der Waals surface area contributed by atoms with Crippen LogP contribution in [0, 0.1) is 0 Å². The van der Waals surface area contributed by atoms with Gasteiger partial charge >= 0.3 is 0 Å². The highest BCUT2D eigenvalue weighted by Gasteiger charge is 1.84. The quantitative estimate of drug-likeness (QED) is 0.611. The monoisotopic (exact) mass is 178 g/mol. The van der Waals surface area contributed by atoms with Crippen molar-refractivity contribution in [3.63, 3.8) is 0 Å². The second kappa shape index (κ2) is 5.70. The SMILES string of the molecule is OCC=C1C=CC=CC=CC=P1. The van der Waals surface area contributed by atoms with E-state index in [2.05, 4.69) is 0 Å². The normalized spacial score (nSPS) is 20.6. The Labute approximate surface area is 74.2 Å². The van der Waals surface area contributed by atoms with Crippen LogP contribution in [0.25, 0.3) is 0 Å². The molecule has 1 aliphatic rings. The van der Waals surface area contributed by atoms with Gasteiger partial charge in [-0.3, -0.25) is 0 Å². The molecular formula is C10H11OP. The maximum absolute atomic E-state index is 8.69. The van der Waals surface area contributed by atoms with Gasteiger partial charge in [0.15, 0.2) is 0 Å². The molecule has 0 radical (unpaired) electrons. The van der Waals surface area contributed by atoms with E-state index >= 15 is 0 Å². The van der Waals surface area contributed by atoms with Crippen molar-refractivity contribution in [1.29, 1.82) is 0 Å². The van der Waals surface area contributed by atoms with Crippen LogP contribution < -0.4 is 0 Å². The predicted molar refractivity (Wildman–Crippen MR) is 55.6 cm³/mol. The number of allylic oxidation sites excluding steroid dienone is 7. The van der Waals surface area contributed by atoms with Crippen molar-refractivity contribution >= 4 is 14.0 Å². The lowest BCUT2D eigenvalue weighted by Crippen LogP contribution is -1.73. The highest BCUT2D eigenvalue weighted by molar-refractivity contribution is 7.44. The van der Waals surface area contributed by atoms with E-state index in [9.17, 15) is 0 Å². The van der Waals surface area contributed by atoms with E-state index in [0.29, 0.717) is 0 Å². The minimum Gasteiger partial charge on any atom is -0.392 e. The minimum absolute atomic E-state index is 0.105. The van der Waals surface area contributed by atoms with Crippen LogP contribution in [0.1, 0.15) is 0 Å². The van der Waals surface area contributed by atoms with Crippen molar-refractivity contribution in [3.05, 3.63) is 47.8 Å². The van der Waals surface area contributed by atoms with Crippen LogP contribution in [0.4, 0.5) is 0 Å². The van der Waals surface area contributed by atoms with Crippen LogP contribution in [-0.2, 0) is 0 Å². The summed E-state index contributed by atoms with van der Waals surface area (Å²) in [7, 11) is 1.12. The van der Waals surface area contributed by atoms with Crippen molar-refractivity contribution in [3.8, 4) is 0 Å². The molecule has 0 aliphatic carbocycles. The summed E-state index contributed by atoms with van der Waals surface area (Å²) in [6.07, 6.45) is 13.7. The number of hydrogen-bond donors (Lipinski definition) is 1. The van der Waals surface area contributed by atoms with Gasteiger partial charge in [-0.05, 0) is 11.9 Å². The van der Waals surface area contributed by atoms with Crippen LogP contribution in [-0.4, -0.2) is 17.5 Å². The molecule has 0 saturated heterocycles. The van der Waals surface area contributed by atoms with Gasteiger partial charge < -0.3 is 5.11 Å². The number of aliphatic hydroxyl groups is 1. The highest BCUT2D eigenvalue weighted by atomic mass is 31.1. The van der Waals surface area contributed by atoms with Crippen LogP contribution in [0.5, 0.6) is 0 Å². The van der Waals surface area contributed by atoms with Crippen LogP contribution in [0.3, 0.4) is 0 Å². The molecule has 62 valence electrons. The minimum atomic E-state index is 0.105. The van der Waals surface area contributed by atoms with E-state index in [1.807, 2.05) is 48.3 Å². The Morgan fingerprint density at radius 1 is 1.17 bits per heavy atom. The van der Waals surface area contributed by atoms with Crippen LogP contribution >= 0.6 is 8.20 Å². The molecule has 1 heterocycles. The Kier molecular flexibility index (Phi) is 4.36. The maximum atomic E-state index is 8.69. The van der Waals surface area contributed by atoms with Gasteiger partial charge in [-0.2, -0.15) is 0 Å². The Hall–Kier alpha value is -0.910. The van der Waals surface area contributed by atoms with Crippen molar-refractivity contribution in [2.75, 3.05) is 6.61 Å². The molecule has 1 nitrogen and oxygen atoms in total.